The number of aryl methyl sites for hydroxylation is 1. The quantitative estimate of drug-likeness (QED) is 0.401. The van der Waals surface area contributed by atoms with E-state index in [0.29, 0.717) is 22.0 Å². The van der Waals surface area contributed by atoms with Gasteiger partial charge in [0.1, 0.15) is 11.8 Å². The number of ether oxygens (including phenoxy) is 1. The second kappa shape index (κ2) is 14.9. The van der Waals surface area contributed by atoms with Crippen LogP contribution in [0, 0.1) is 23.2 Å². The molecule has 1 aliphatic heterocycles. The summed E-state index contributed by atoms with van der Waals surface area (Å²) >= 11 is 6.12. The third-order valence-electron chi connectivity index (χ3n) is 9.16. The fourth-order valence-electron chi connectivity index (χ4n) is 6.51. The maximum Gasteiger partial charge on any atom is 0.272 e. The van der Waals surface area contributed by atoms with Gasteiger partial charge in [-0.05, 0) is 87.6 Å². The van der Waals surface area contributed by atoms with E-state index < -0.39 is 0 Å². The van der Waals surface area contributed by atoms with Gasteiger partial charge in [-0.1, -0.05) is 37.3 Å². The first-order valence-corrected chi connectivity index (χ1v) is 15.9. The number of hydrogen-bond donors (Lipinski definition) is 2. The summed E-state index contributed by atoms with van der Waals surface area (Å²) in [6, 6.07) is 11.1. The topological polar surface area (TPSA) is 103 Å². The van der Waals surface area contributed by atoms with Crippen molar-refractivity contribution in [3.05, 3.63) is 52.3 Å². The van der Waals surface area contributed by atoms with Gasteiger partial charge >= 0.3 is 0 Å². The molecule has 9 heteroatoms. The highest BCUT2D eigenvalue weighted by atomic mass is 35.5. The Balaban J connectivity index is 0.973. The molecular weight excluding hydrogens is 536 g/mol. The van der Waals surface area contributed by atoms with Crippen LogP contribution in [0.2, 0.25) is 5.02 Å². The smallest absolute Gasteiger partial charge is 0.272 e. The first-order chi connectivity index (χ1) is 20.1. The van der Waals surface area contributed by atoms with Crippen LogP contribution in [0.25, 0.3) is 0 Å². The molecule has 3 fully saturated rings. The van der Waals surface area contributed by atoms with E-state index in [1.165, 1.54) is 51.7 Å². The lowest BCUT2D eigenvalue weighted by molar-refractivity contribution is 0.0888. The van der Waals surface area contributed by atoms with E-state index in [4.69, 9.17) is 21.6 Å². The van der Waals surface area contributed by atoms with Crippen LogP contribution in [0.15, 0.2) is 30.3 Å². The molecule has 8 nitrogen and oxygen atoms in total. The first kappa shape index (κ1) is 29.8. The summed E-state index contributed by atoms with van der Waals surface area (Å²) in [7, 11) is 0. The van der Waals surface area contributed by atoms with Crippen LogP contribution >= 0.6 is 11.6 Å². The van der Waals surface area contributed by atoms with E-state index in [0.717, 1.165) is 69.1 Å². The molecule has 2 aliphatic carbocycles. The maximum atomic E-state index is 12.8. The molecule has 220 valence electrons. The van der Waals surface area contributed by atoms with Crippen molar-refractivity contribution >= 4 is 17.5 Å². The van der Waals surface area contributed by atoms with Crippen molar-refractivity contribution < 1.29 is 9.53 Å². The molecule has 1 aromatic carbocycles. The molecule has 1 aromatic heterocycles. The predicted octanol–water partition coefficient (Wildman–Crippen LogP) is 5.16. The number of nitrogens with zero attached hydrogens (tertiary/aromatic N) is 4. The molecule has 2 heterocycles. The molecule has 2 saturated carbocycles. The largest absolute Gasteiger partial charge is 0.490 e. The molecule has 41 heavy (non-hydrogen) atoms. The van der Waals surface area contributed by atoms with E-state index in [1.54, 1.807) is 18.2 Å². The van der Waals surface area contributed by atoms with Gasteiger partial charge in [0.25, 0.3) is 5.91 Å². The van der Waals surface area contributed by atoms with E-state index in [-0.39, 0.29) is 18.1 Å². The summed E-state index contributed by atoms with van der Waals surface area (Å²) in [5.41, 5.74) is 1.79. The Bertz CT molecular complexity index is 1160. The van der Waals surface area contributed by atoms with Gasteiger partial charge in [0.05, 0.1) is 22.4 Å². The summed E-state index contributed by atoms with van der Waals surface area (Å²) in [6.45, 7) is 5.93. The molecule has 2 aromatic rings. The van der Waals surface area contributed by atoms with Gasteiger partial charge in [0.15, 0.2) is 5.69 Å². The number of carbonyl (C=O) groups excluding carboxylic acids is 1. The Morgan fingerprint density at radius 1 is 1.00 bits per heavy atom. The number of rotatable bonds is 10. The Morgan fingerprint density at radius 2 is 1.73 bits per heavy atom. The zero-order chi connectivity index (χ0) is 28.4. The van der Waals surface area contributed by atoms with Crippen molar-refractivity contribution in [2.24, 2.45) is 11.8 Å². The van der Waals surface area contributed by atoms with Gasteiger partial charge in [0.2, 0.25) is 0 Å². The molecular formula is C32H43ClN6O2. The lowest BCUT2D eigenvalue weighted by atomic mass is 9.78. The van der Waals surface area contributed by atoms with Crippen LogP contribution in [0.1, 0.15) is 86.0 Å². The molecule has 0 bridgehead atoms. The average molecular weight is 579 g/mol. The minimum atomic E-state index is -0.161. The normalized spacial score (nSPS) is 25.3. The number of amides is 1. The Labute approximate surface area is 249 Å². The van der Waals surface area contributed by atoms with E-state index >= 15 is 0 Å². The molecule has 2 N–H and O–H groups in total. The fourth-order valence-corrected chi connectivity index (χ4v) is 6.72. The standard InChI is InChI=1S/C32H43ClN6O2/c33-30-21-29(11-6-25(30)22-34)41-28-12-8-26(9-13-28)36-32(40)31-14-10-27(37-38-31)7-5-23-1-3-24(4-2-23)15-18-39-19-16-35-17-20-39/h6,10-11,14,21,23-24,26,28,35H,1-5,7-9,12-13,15-20H2,(H,36,40)/t23?,24?,26-,28-. The molecule has 1 saturated heterocycles. The van der Waals surface area contributed by atoms with Crippen LogP contribution in [0.5, 0.6) is 5.75 Å². The van der Waals surface area contributed by atoms with Crippen LogP contribution in [-0.2, 0) is 6.42 Å². The van der Waals surface area contributed by atoms with E-state index in [1.807, 2.05) is 12.1 Å². The SMILES string of the molecule is N#Cc1ccc(O[C@H]2CC[C@H](NC(=O)c3ccc(CCC4CCC(CCN5CCNCC5)CC4)nn3)CC2)cc1Cl. The van der Waals surface area contributed by atoms with Gasteiger partial charge in [-0.25, -0.2) is 0 Å². The fraction of sp³-hybridized carbons (Fsp3) is 0.625. The number of piperazine rings is 1. The summed E-state index contributed by atoms with van der Waals surface area (Å²) in [5.74, 6) is 2.18. The minimum Gasteiger partial charge on any atom is -0.490 e. The minimum absolute atomic E-state index is 0.0682. The summed E-state index contributed by atoms with van der Waals surface area (Å²) in [6.07, 6.45) is 12.2. The van der Waals surface area contributed by atoms with Crippen molar-refractivity contribution in [3.63, 3.8) is 0 Å². The molecule has 5 rings (SSSR count). The number of nitriles is 1. The van der Waals surface area contributed by atoms with Crippen LogP contribution in [0.3, 0.4) is 0 Å². The second-order valence-corrected chi connectivity index (χ2v) is 12.4. The maximum absolute atomic E-state index is 12.8. The van der Waals surface area contributed by atoms with E-state index in [9.17, 15) is 4.79 Å². The third kappa shape index (κ3) is 8.88. The predicted molar refractivity (Wildman–Crippen MR) is 160 cm³/mol. The van der Waals surface area contributed by atoms with Gasteiger partial charge in [-0.2, -0.15) is 10.4 Å². The van der Waals surface area contributed by atoms with Crippen LogP contribution in [0.4, 0.5) is 0 Å². The number of nitrogens with one attached hydrogen (secondary N) is 2. The number of carbonyl (C=O) groups is 1. The molecule has 1 amide bonds. The molecule has 0 radical (unpaired) electrons. The van der Waals surface area contributed by atoms with Crippen molar-refractivity contribution in [1.82, 2.24) is 25.7 Å². The lowest BCUT2D eigenvalue weighted by Gasteiger charge is -2.32. The zero-order valence-corrected chi connectivity index (χ0v) is 24.7. The van der Waals surface area contributed by atoms with Crippen LogP contribution < -0.4 is 15.4 Å². The summed E-state index contributed by atoms with van der Waals surface area (Å²) < 4.78 is 6.06. The van der Waals surface area contributed by atoms with Crippen LogP contribution in [-0.4, -0.2) is 65.9 Å². The first-order valence-electron chi connectivity index (χ1n) is 15.5. The molecule has 0 unspecified atom stereocenters. The van der Waals surface area contributed by atoms with E-state index in [2.05, 4.69) is 31.8 Å². The van der Waals surface area contributed by atoms with Crippen molar-refractivity contribution in [3.8, 4) is 11.8 Å². The Kier molecular flexibility index (Phi) is 10.8. The number of benzene rings is 1. The Morgan fingerprint density at radius 3 is 2.39 bits per heavy atom. The monoisotopic (exact) mass is 578 g/mol. The number of aromatic nitrogens is 2. The van der Waals surface area contributed by atoms with Gasteiger partial charge in [-0.15, -0.1) is 5.10 Å². The number of hydrogen-bond acceptors (Lipinski definition) is 7. The summed E-state index contributed by atoms with van der Waals surface area (Å²) in [4.78, 5) is 15.4. The Hall–Kier alpha value is -2.73. The highest BCUT2D eigenvalue weighted by Gasteiger charge is 2.25. The van der Waals surface area contributed by atoms with Crippen molar-refractivity contribution in [2.75, 3.05) is 32.7 Å². The zero-order valence-electron chi connectivity index (χ0n) is 24.0. The summed E-state index contributed by atoms with van der Waals surface area (Å²) in [5, 5.41) is 24.6. The van der Waals surface area contributed by atoms with Crippen molar-refractivity contribution in [2.45, 2.75) is 82.8 Å². The molecule has 3 aliphatic rings. The third-order valence-corrected chi connectivity index (χ3v) is 9.48. The number of halogens is 1. The molecule has 0 atom stereocenters. The van der Waals surface area contributed by atoms with Gasteiger partial charge < -0.3 is 20.3 Å². The lowest BCUT2D eigenvalue weighted by Crippen LogP contribution is -2.44. The average Bonchev–Trinajstić information content (AvgIpc) is 3.01. The van der Waals surface area contributed by atoms with Gasteiger partial charge in [-0.3, -0.25) is 4.79 Å². The molecule has 0 spiro atoms. The highest BCUT2D eigenvalue weighted by molar-refractivity contribution is 6.31. The van der Waals surface area contributed by atoms with Gasteiger partial charge in [0, 0.05) is 38.3 Å². The van der Waals surface area contributed by atoms with Crippen molar-refractivity contribution in [1.29, 1.82) is 5.26 Å². The second-order valence-electron chi connectivity index (χ2n) is 12.0. The highest BCUT2D eigenvalue weighted by Crippen LogP contribution is 2.33.